The molecule has 2 saturated heterocycles. The Bertz CT molecular complexity index is 1990. The first kappa shape index (κ1) is 58.7. The monoisotopic (exact) mass is 984 g/mol. The van der Waals surface area contributed by atoms with Gasteiger partial charge in [-0.15, -0.1) is 0 Å². The van der Waals surface area contributed by atoms with Crippen LogP contribution in [-0.2, 0) is 54.3 Å². The van der Waals surface area contributed by atoms with Crippen LogP contribution in [0.4, 0.5) is 0 Å². The molecule has 9 amide bonds. The number of ether oxygens (including phenoxy) is 1. The highest BCUT2D eigenvalue weighted by molar-refractivity contribution is 5.99. The molecule has 2 fully saturated rings. The Morgan fingerprint density at radius 1 is 0.700 bits per heavy atom. The second-order valence-corrected chi connectivity index (χ2v) is 20.7. The summed E-state index contributed by atoms with van der Waals surface area (Å²) in [5.74, 6) is -6.75. The molecule has 5 N–H and O–H groups in total. The summed E-state index contributed by atoms with van der Waals surface area (Å²) in [6.07, 6.45) is 0.528. The quantitative estimate of drug-likeness (QED) is 0.220. The Labute approximate surface area is 414 Å². The fourth-order valence-electron chi connectivity index (χ4n) is 8.43. The molecule has 0 radical (unpaired) electrons. The molecule has 8 atom stereocenters. The van der Waals surface area contributed by atoms with Crippen molar-refractivity contribution in [2.24, 2.45) is 11.8 Å². The van der Waals surface area contributed by atoms with Crippen molar-refractivity contribution in [3.8, 4) is 0 Å². The number of likely N-dealkylation sites (tertiary alicyclic amines) is 1. The summed E-state index contributed by atoms with van der Waals surface area (Å²) in [6.45, 7) is 15.2. The van der Waals surface area contributed by atoms with E-state index in [4.69, 9.17) is 4.74 Å². The molecule has 0 unspecified atom stereocenters. The Kier molecular flexibility index (Phi) is 22.3. The van der Waals surface area contributed by atoms with Crippen molar-refractivity contribution in [3.05, 3.63) is 35.9 Å². The molecule has 20 heteroatoms. The van der Waals surface area contributed by atoms with Gasteiger partial charge in [-0.2, -0.15) is 0 Å². The second kappa shape index (κ2) is 26.5. The minimum atomic E-state index is -1.57. The Hall–Kier alpha value is -5.63. The predicted octanol–water partition coefficient (Wildman–Crippen LogP) is 0.832. The second-order valence-electron chi connectivity index (χ2n) is 20.7. The molecule has 70 heavy (non-hydrogen) atoms. The van der Waals surface area contributed by atoms with Crippen LogP contribution in [0.15, 0.2) is 30.3 Å². The average Bonchev–Trinajstić information content (AvgIpc) is 3.29. The first-order valence-corrected chi connectivity index (χ1v) is 24.5. The van der Waals surface area contributed by atoms with Crippen LogP contribution in [0.1, 0.15) is 106 Å². The Morgan fingerprint density at radius 2 is 1.24 bits per heavy atom. The molecule has 2 aliphatic rings. The average molecular weight is 984 g/mol. The lowest BCUT2D eigenvalue weighted by Gasteiger charge is -2.37. The number of carbonyl (C=O) groups is 9. The van der Waals surface area contributed by atoms with Gasteiger partial charge in [0.2, 0.25) is 53.2 Å². The maximum absolute atomic E-state index is 14.8. The largest absolute Gasteiger partial charge is 0.391 e. The third-order valence-electron chi connectivity index (χ3n) is 12.6. The van der Waals surface area contributed by atoms with Gasteiger partial charge in [-0.25, -0.2) is 0 Å². The fraction of sp³-hybridized carbons (Fsp3) is 0.700. The van der Waals surface area contributed by atoms with Crippen LogP contribution >= 0.6 is 0 Å². The van der Waals surface area contributed by atoms with E-state index in [-0.39, 0.29) is 37.7 Å². The summed E-state index contributed by atoms with van der Waals surface area (Å²) in [6, 6.07) is -0.359. The van der Waals surface area contributed by atoms with Crippen molar-refractivity contribution in [1.82, 2.24) is 45.8 Å². The van der Waals surface area contributed by atoms with E-state index in [1.165, 1.54) is 51.8 Å². The number of carbonyl (C=O) groups excluding carboxylic acids is 9. The Morgan fingerprint density at radius 3 is 1.79 bits per heavy atom. The first-order chi connectivity index (χ1) is 32.6. The predicted molar refractivity (Wildman–Crippen MR) is 262 cm³/mol. The van der Waals surface area contributed by atoms with Gasteiger partial charge < -0.3 is 55.6 Å². The lowest BCUT2D eigenvalue weighted by Crippen LogP contribution is -2.61. The number of rotatable bonds is 10. The smallest absolute Gasteiger partial charge is 0.248 e. The number of hydrogen-bond donors (Lipinski definition) is 5. The van der Waals surface area contributed by atoms with Crippen molar-refractivity contribution >= 4 is 53.2 Å². The number of nitrogens with one attached hydrogen (secondary N) is 4. The molecule has 0 bridgehead atoms. The molecular weight excluding hydrogens is 903 g/mol. The topological polar surface area (TPSA) is 247 Å². The molecule has 20 nitrogen and oxygen atoms in total. The van der Waals surface area contributed by atoms with E-state index in [1.54, 1.807) is 56.0 Å². The number of benzene rings is 1. The maximum Gasteiger partial charge on any atom is 0.248 e. The fourth-order valence-corrected chi connectivity index (χ4v) is 8.43. The van der Waals surface area contributed by atoms with Crippen molar-refractivity contribution in [2.45, 2.75) is 161 Å². The maximum atomic E-state index is 14.8. The highest BCUT2D eigenvalue weighted by Gasteiger charge is 2.41. The summed E-state index contributed by atoms with van der Waals surface area (Å²) >= 11 is 0. The number of hydrogen-bond acceptors (Lipinski definition) is 11. The summed E-state index contributed by atoms with van der Waals surface area (Å²) in [7, 11) is 5.53. The molecule has 0 saturated carbocycles. The number of aliphatic hydroxyl groups is 1. The Balaban J connectivity index is 2.21. The number of likely N-dealkylation sites (N-methyl/N-ethyl adjacent to an activating group) is 4. The zero-order valence-electron chi connectivity index (χ0n) is 43.7. The molecule has 0 aliphatic carbocycles. The lowest BCUT2D eigenvalue weighted by atomic mass is 9.98. The van der Waals surface area contributed by atoms with Crippen LogP contribution in [0.25, 0.3) is 0 Å². The SMILES string of the molecule is CC(C)C[C@H]1C(=O)N[C@@H](COC(C)(C)C)C(=O)N[C@H](C(=O)N2CCCCC2)CC(=O)N[C@H](C)C(=O)N(C)[C@@H](Cc2ccccc2)C(=O)N(C)[C@@H](CC(C)C)C(=O)N[C@@H]([C@@H](C)O)C(=O)N(C)CC(=O)N1C. The van der Waals surface area contributed by atoms with Gasteiger partial charge >= 0.3 is 0 Å². The molecule has 0 spiro atoms. The minimum absolute atomic E-state index is 0.0120. The molecule has 2 aliphatic heterocycles. The van der Waals surface area contributed by atoms with Crippen LogP contribution in [0.3, 0.4) is 0 Å². The van der Waals surface area contributed by atoms with E-state index < -0.39 is 120 Å². The standard InChI is InChI=1S/C50H81N9O11/c1-30(2)24-37-44(64)53-36(29-70-50(7,8)9)43(63)52-35(47(67)59-22-18-15-19-23-59)27-40(61)51-32(5)46(66)58(13)39(26-34-20-16-14-17-21-34)48(68)57(12)38(25-31(3)4)45(65)54-42(33(6)60)49(69)55(10)28-41(62)56(37)11/h14,16-17,20-21,30-33,35-39,42,60H,15,18-19,22-29H2,1-13H3,(H,51,61)(H,52,63)(H,53,64)(H,54,65)/t32-,33-,35+,36+,37+,38+,39+,42+/m1/s1. The van der Waals surface area contributed by atoms with Crippen molar-refractivity contribution in [1.29, 1.82) is 0 Å². The summed E-state index contributed by atoms with van der Waals surface area (Å²) in [5, 5.41) is 21.6. The molecule has 1 aromatic rings. The van der Waals surface area contributed by atoms with Crippen LogP contribution in [0, 0.1) is 11.8 Å². The van der Waals surface area contributed by atoms with Gasteiger partial charge in [-0.3, -0.25) is 43.2 Å². The molecule has 392 valence electrons. The highest BCUT2D eigenvalue weighted by Crippen LogP contribution is 2.20. The van der Waals surface area contributed by atoms with E-state index in [0.717, 1.165) is 16.2 Å². The third kappa shape index (κ3) is 17.3. The summed E-state index contributed by atoms with van der Waals surface area (Å²) < 4.78 is 5.99. The normalized spacial score (nSPS) is 25.8. The van der Waals surface area contributed by atoms with Crippen LogP contribution in [-0.4, -0.2) is 191 Å². The molecule has 2 heterocycles. The van der Waals surface area contributed by atoms with Gasteiger partial charge in [0.15, 0.2) is 0 Å². The van der Waals surface area contributed by atoms with E-state index >= 15 is 0 Å². The molecule has 3 rings (SSSR count). The number of amides is 9. The number of nitrogens with zero attached hydrogens (tertiary/aromatic N) is 5. The number of aliphatic hydroxyl groups excluding tert-OH is 1. The van der Waals surface area contributed by atoms with Crippen molar-refractivity contribution < 1.29 is 53.0 Å². The minimum Gasteiger partial charge on any atom is -0.391 e. The number of piperidine rings is 1. The summed E-state index contributed by atoms with van der Waals surface area (Å²) in [5.41, 5.74) is -0.100. The summed E-state index contributed by atoms with van der Waals surface area (Å²) in [4.78, 5) is 135. The molecular formula is C50H81N9O11. The third-order valence-corrected chi connectivity index (χ3v) is 12.6. The van der Waals surface area contributed by atoms with Gasteiger partial charge in [-0.05, 0) is 84.1 Å². The van der Waals surface area contributed by atoms with Crippen LogP contribution in [0.5, 0.6) is 0 Å². The van der Waals surface area contributed by atoms with Gasteiger partial charge in [0.1, 0.15) is 42.3 Å². The van der Waals surface area contributed by atoms with E-state index in [0.29, 0.717) is 31.5 Å². The van der Waals surface area contributed by atoms with E-state index in [2.05, 4.69) is 21.3 Å². The van der Waals surface area contributed by atoms with Crippen LogP contribution < -0.4 is 21.3 Å². The van der Waals surface area contributed by atoms with E-state index in [9.17, 15) is 48.3 Å². The molecule has 1 aromatic carbocycles. The lowest BCUT2D eigenvalue weighted by molar-refractivity contribution is -0.150. The van der Waals surface area contributed by atoms with Gasteiger partial charge in [0, 0.05) is 47.7 Å². The van der Waals surface area contributed by atoms with Crippen LogP contribution in [0.2, 0.25) is 0 Å². The zero-order chi connectivity index (χ0) is 52.8. The van der Waals surface area contributed by atoms with Gasteiger partial charge in [0.25, 0.3) is 0 Å². The zero-order valence-corrected chi connectivity index (χ0v) is 43.7. The van der Waals surface area contributed by atoms with Crippen molar-refractivity contribution in [2.75, 3.05) is 54.4 Å². The van der Waals surface area contributed by atoms with Gasteiger partial charge in [-0.1, -0.05) is 58.0 Å². The van der Waals surface area contributed by atoms with Gasteiger partial charge in [0.05, 0.1) is 31.3 Å². The molecule has 0 aromatic heterocycles. The van der Waals surface area contributed by atoms with Crippen molar-refractivity contribution in [3.63, 3.8) is 0 Å². The van der Waals surface area contributed by atoms with E-state index in [1.807, 2.05) is 27.7 Å². The highest BCUT2D eigenvalue weighted by atomic mass is 16.5. The first-order valence-electron chi connectivity index (χ1n) is 24.5.